The highest BCUT2D eigenvalue weighted by molar-refractivity contribution is 7.78. The second-order valence-electron chi connectivity index (χ2n) is 7.44. The Hall–Kier alpha value is -2.18. The van der Waals surface area contributed by atoms with Crippen LogP contribution in [0.3, 0.4) is 0 Å². The van der Waals surface area contributed by atoms with Gasteiger partial charge in [-0.25, -0.2) is 0 Å². The first-order valence-corrected chi connectivity index (χ1v) is 10.4. The largest absolute Gasteiger partial charge is 0.394 e. The molecule has 0 aromatic rings. The fourth-order valence-electron chi connectivity index (χ4n) is 3.72. The van der Waals surface area contributed by atoms with Crippen LogP contribution in [0.15, 0.2) is 0 Å². The van der Waals surface area contributed by atoms with E-state index in [4.69, 9.17) is 5.11 Å². The number of hydrogen-bond donors (Lipinski definition) is 5. The first-order valence-electron chi connectivity index (χ1n) is 9.95. The number of aliphatic hydroxyl groups is 1. The third kappa shape index (κ3) is 5.92. The predicted octanol–water partition coefficient (Wildman–Crippen LogP) is -2.41. The molecule has 0 radical (unpaired) electrons. The fraction of sp³-hybridized carbons (Fsp3) is 0.722. The number of hydrogen-bond acceptors (Lipinski definition) is 8. The van der Waals surface area contributed by atoms with E-state index in [1.807, 2.05) is 0 Å². The van der Waals surface area contributed by atoms with Gasteiger partial charge in [-0.1, -0.05) is 12.8 Å². The van der Waals surface area contributed by atoms with Gasteiger partial charge in [-0.3, -0.25) is 28.7 Å². The summed E-state index contributed by atoms with van der Waals surface area (Å²) in [5, 5.41) is 14.0. The molecule has 2 rings (SSSR count). The second kappa shape index (κ2) is 11.3. The molecule has 3 atom stereocenters. The Morgan fingerprint density at radius 2 is 1.63 bits per heavy atom. The van der Waals surface area contributed by atoms with Gasteiger partial charge in [-0.05, 0) is 32.6 Å². The van der Waals surface area contributed by atoms with Crippen LogP contribution in [0.1, 0.15) is 32.6 Å². The molecule has 0 aromatic carbocycles. The number of aliphatic hydroxyl groups excluding tert-OH is 1. The van der Waals surface area contributed by atoms with Crippen LogP contribution in [-0.2, 0) is 24.0 Å². The molecule has 11 nitrogen and oxygen atoms in total. The summed E-state index contributed by atoms with van der Waals surface area (Å²) in [7, 11) is 0. The van der Waals surface area contributed by atoms with E-state index >= 15 is 0 Å². The van der Waals surface area contributed by atoms with Crippen LogP contribution in [-0.4, -0.2) is 95.2 Å². The van der Waals surface area contributed by atoms with E-state index in [9.17, 15) is 24.0 Å². The number of amides is 4. The second-order valence-corrected chi connectivity index (χ2v) is 7.69. The van der Waals surface area contributed by atoms with Crippen LogP contribution in [0.5, 0.6) is 0 Å². The van der Waals surface area contributed by atoms with Gasteiger partial charge in [-0.15, -0.1) is 0 Å². The van der Waals surface area contributed by atoms with Crippen molar-refractivity contribution in [2.75, 3.05) is 32.8 Å². The van der Waals surface area contributed by atoms with Crippen LogP contribution < -0.4 is 15.4 Å². The summed E-state index contributed by atoms with van der Waals surface area (Å²) >= 11 is 3.74. The van der Waals surface area contributed by atoms with Crippen LogP contribution in [0.25, 0.3) is 0 Å². The van der Waals surface area contributed by atoms with Gasteiger partial charge in [0.2, 0.25) is 23.6 Å². The summed E-state index contributed by atoms with van der Waals surface area (Å²) in [6, 6.07) is -2.29. The average Bonchev–Trinajstić information content (AvgIpc) is 3.40. The standard InChI is InChI=1S/C18H29N5O6S/c1-11(25)8-19-17(28)13-4-2-7-23(13)18(29)14-5-3-6-22(14)15(26)9-20-16(27)12(10-24)21-30/h12-14,21,24,30H,2-10H2,1H3,(H,19,28)(H,20,27)/t12-,13-,14-/m0/s1. The molecule has 168 valence electrons. The molecule has 0 bridgehead atoms. The van der Waals surface area contributed by atoms with E-state index < -0.39 is 36.5 Å². The third-order valence-electron chi connectivity index (χ3n) is 5.28. The first-order chi connectivity index (χ1) is 14.3. The van der Waals surface area contributed by atoms with E-state index in [2.05, 4.69) is 28.2 Å². The van der Waals surface area contributed by atoms with Crippen molar-refractivity contribution < 1.29 is 29.1 Å². The van der Waals surface area contributed by atoms with E-state index in [0.717, 1.165) is 0 Å². The molecule has 2 saturated heterocycles. The number of rotatable bonds is 9. The third-order valence-corrected chi connectivity index (χ3v) is 5.59. The number of carbonyl (C=O) groups is 5. The van der Waals surface area contributed by atoms with Gasteiger partial charge in [-0.2, -0.15) is 0 Å². The summed E-state index contributed by atoms with van der Waals surface area (Å²) < 4.78 is 2.33. The highest BCUT2D eigenvalue weighted by atomic mass is 32.1. The Morgan fingerprint density at radius 1 is 1.00 bits per heavy atom. The molecular weight excluding hydrogens is 414 g/mol. The Labute approximate surface area is 180 Å². The molecular formula is C18H29N5O6S. The summed E-state index contributed by atoms with van der Waals surface area (Å²) in [5.41, 5.74) is 0. The summed E-state index contributed by atoms with van der Waals surface area (Å²) in [4.78, 5) is 64.0. The molecule has 2 heterocycles. The molecule has 0 spiro atoms. The molecule has 0 unspecified atom stereocenters. The minimum absolute atomic E-state index is 0.0823. The highest BCUT2D eigenvalue weighted by Crippen LogP contribution is 2.25. The SMILES string of the molecule is CC(=O)CNC(=O)[C@@H]1CCCN1C(=O)[C@@H]1CCCN1C(=O)CNC(=O)[C@H](CO)NS. The number of thiol groups is 1. The Morgan fingerprint density at radius 3 is 2.23 bits per heavy atom. The average molecular weight is 444 g/mol. The number of nitrogens with zero attached hydrogens (tertiary/aromatic N) is 2. The van der Waals surface area contributed by atoms with E-state index in [1.165, 1.54) is 16.7 Å². The molecule has 4 N–H and O–H groups in total. The topological polar surface area (TPSA) is 148 Å². The van der Waals surface area contributed by atoms with Gasteiger partial charge < -0.3 is 25.5 Å². The van der Waals surface area contributed by atoms with Crippen molar-refractivity contribution >= 4 is 42.2 Å². The molecule has 2 aliphatic rings. The van der Waals surface area contributed by atoms with E-state index in [0.29, 0.717) is 38.8 Å². The summed E-state index contributed by atoms with van der Waals surface area (Å²) in [5.74, 6) is -1.83. The lowest BCUT2D eigenvalue weighted by Gasteiger charge is -2.31. The van der Waals surface area contributed by atoms with Crippen LogP contribution in [0, 0.1) is 0 Å². The smallest absolute Gasteiger partial charge is 0.246 e. The molecule has 0 aromatic heterocycles. The lowest BCUT2D eigenvalue weighted by molar-refractivity contribution is -0.146. The molecule has 0 saturated carbocycles. The Bertz CT molecular complexity index is 686. The van der Waals surface area contributed by atoms with Crippen LogP contribution in [0.2, 0.25) is 0 Å². The van der Waals surface area contributed by atoms with Gasteiger partial charge in [0.25, 0.3) is 0 Å². The zero-order valence-electron chi connectivity index (χ0n) is 16.9. The molecule has 2 fully saturated rings. The predicted molar refractivity (Wildman–Crippen MR) is 109 cm³/mol. The van der Waals surface area contributed by atoms with Crippen molar-refractivity contribution in [3.05, 3.63) is 0 Å². The van der Waals surface area contributed by atoms with E-state index in [1.54, 1.807) is 0 Å². The fourth-order valence-corrected chi connectivity index (χ4v) is 3.91. The van der Waals surface area contributed by atoms with Gasteiger partial charge in [0.05, 0.1) is 19.7 Å². The lowest BCUT2D eigenvalue weighted by Crippen LogP contribution is -2.54. The van der Waals surface area contributed by atoms with Crippen molar-refractivity contribution in [1.29, 1.82) is 0 Å². The van der Waals surface area contributed by atoms with Crippen molar-refractivity contribution in [3.8, 4) is 0 Å². The van der Waals surface area contributed by atoms with Gasteiger partial charge >= 0.3 is 0 Å². The number of likely N-dealkylation sites (tertiary alicyclic amines) is 2. The minimum Gasteiger partial charge on any atom is -0.394 e. The van der Waals surface area contributed by atoms with Gasteiger partial charge in [0, 0.05) is 13.1 Å². The maximum atomic E-state index is 13.1. The molecule has 12 heteroatoms. The molecule has 30 heavy (non-hydrogen) atoms. The zero-order valence-corrected chi connectivity index (χ0v) is 17.8. The molecule has 2 aliphatic heterocycles. The van der Waals surface area contributed by atoms with Crippen LogP contribution in [0.4, 0.5) is 0 Å². The van der Waals surface area contributed by atoms with Crippen molar-refractivity contribution in [2.45, 2.75) is 50.7 Å². The number of Topliss-reactive ketones (excluding diaryl/α,β-unsaturated/α-hetero) is 1. The van der Waals surface area contributed by atoms with Gasteiger partial charge in [0.1, 0.15) is 23.9 Å². The Kier molecular flexibility index (Phi) is 9.06. The summed E-state index contributed by atoms with van der Waals surface area (Å²) in [6.07, 6.45) is 2.29. The molecule has 4 amide bonds. The van der Waals surface area contributed by atoms with Crippen LogP contribution >= 0.6 is 12.8 Å². The number of nitrogens with one attached hydrogen (secondary N) is 3. The van der Waals surface area contributed by atoms with Crippen molar-refractivity contribution in [3.63, 3.8) is 0 Å². The number of ketones is 1. The normalized spacial score (nSPS) is 22.0. The monoisotopic (exact) mass is 443 g/mol. The molecule has 0 aliphatic carbocycles. The van der Waals surface area contributed by atoms with Gasteiger partial charge in [0.15, 0.2) is 0 Å². The first kappa shape index (κ1) is 24.1. The lowest BCUT2D eigenvalue weighted by atomic mass is 10.1. The zero-order chi connectivity index (χ0) is 22.3. The number of carbonyl (C=O) groups excluding carboxylic acids is 5. The maximum Gasteiger partial charge on any atom is 0.246 e. The van der Waals surface area contributed by atoms with Crippen molar-refractivity contribution in [2.24, 2.45) is 0 Å². The highest BCUT2D eigenvalue weighted by Gasteiger charge is 2.42. The minimum atomic E-state index is -0.948. The Balaban J connectivity index is 1.97. The van der Waals surface area contributed by atoms with E-state index in [-0.39, 0.29) is 30.7 Å². The summed E-state index contributed by atoms with van der Waals surface area (Å²) in [6.45, 7) is 1.30. The van der Waals surface area contributed by atoms with Crippen molar-refractivity contribution in [1.82, 2.24) is 25.2 Å². The maximum absolute atomic E-state index is 13.1. The quantitative estimate of drug-likeness (QED) is 0.249.